The summed E-state index contributed by atoms with van der Waals surface area (Å²) < 4.78 is 16.3. The quantitative estimate of drug-likeness (QED) is 0.784. The van der Waals surface area contributed by atoms with E-state index in [1.807, 2.05) is 6.07 Å². The van der Waals surface area contributed by atoms with E-state index in [2.05, 4.69) is 16.9 Å². The van der Waals surface area contributed by atoms with E-state index in [0.717, 1.165) is 37.6 Å². The molecule has 1 aliphatic heterocycles. The zero-order valence-electron chi connectivity index (χ0n) is 11.9. The molecule has 0 radical (unpaired) electrons. The van der Waals surface area contributed by atoms with Gasteiger partial charge in [-0.15, -0.1) is 0 Å². The highest BCUT2D eigenvalue weighted by Crippen LogP contribution is 2.29. The van der Waals surface area contributed by atoms with Crippen molar-refractivity contribution < 1.29 is 14.2 Å². The minimum absolute atomic E-state index is 0.349. The maximum absolute atomic E-state index is 5.64. The topological polar surface area (TPSA) is 43.8 Å². The van der Waals surface area contributed by atoms with Crippen LogP contribution in [0.3, 0.4) is 0 Å². The van der Waals surface area contributed by atoms with E-state index in [-0.39, 0.29) is 0 Å². The zero-order valence-corrected chi connectivity index (χ0v) is 11.9. The molecule has 2 rings (SSSR count). The Kier molecular flexibility index (Phi) is 4.99. The second kappa shape index (κ2) is 6.73. The monoisotopic (exact) mass is 266 g/mol. The van der Waals surface area contributed by atoms with Gasteiger partial charge in [-0.2, -0.15) is 0 Å². The summed E-state index contributed by atoms with van der Waals surface area (Å²) in [6.07, 6.45) is 4.41. The smallest absolute Gasteiger partial charge is 0.183 e. The van der Waals surface area contributed by atoms with Gasteiger partial charge in [-0.25, -0.2) is 0 Å². The number of ether oxygens (including phenoxy) is 3. The van der Waals surface area contributed by atoms with Gasteiger partial charge in [0.25, 0.3) is 0 Å². The lowest BCUT2D eigenvalue weighted by atomic mass is 10.2. The van der Waals surface area contributed by atoms with Gasteiger partial charge in [0.2, 0.25) is 0 Å². The largest absolute Gasteiger partial charge is 0.493 e. The van der Waals surface area contributed by atoms with Crippen molar-refractivity contribution in [1.29, 1.82) is 0 Å². The minimum atomic E-state index is 0.349. The maximum atomic E-state index is 5.64. The average molecular weight is 266 g/mol. The Morgan fingerprint density at radius 1 is 1.42 bits per heavy atom. The molecule has 106 valence electrons. The van der Waals surface area contributed by atoms with Crippen LogP contribution in [0.5, 0.6) is 11.5 Å². The molecule has 1 aromatic rings. The van der Waals surface area contributed by atoms with E-state index < -0.39 is 0 Å². The third-order valence-electron chi connectivity index (χ3n) is 3.33. The third kappa shape index (κ3) is 3.58. The van der Waals surface area contributed by atoms with Gasteiger partial charge in [-0.1, -0.05) is 0 Å². The van der Waals surface area contributed by atoms with Crippen LogP contribution in [-0.2, 0) is 11.3 Å². The lowest BCUT2D eigenvalue weighted by Gasteiger charge is -2.21. The van der Waals surface area contributed by atoms with Gasteiger partial charge in [0.05, 0.1) is 20.3 Å². The highest BCUT2D eigenvalue weighted by molar-refractivity contribution is 5.42. The number of hydrogen-bond acceptors (Lipinski definition) is 5. The van der Waals surface area contributed by atoms with Crippen LogP contribution in [0.15, 0.2) is 12.3 Å². The fourth-order valence-electron chi connectivity index (χ4n) is 2.42. The standard InChI is InChI=1S/C14H22N2O3/c1-16(9-11-5-4-8-19-11)10-12-14(18-3)13(17-2)6-7-15-12/h6-7,11H,4-5,8-10H2,1-3H3. The molecule has 0 N–H and O–H groups in total. The van der Waals surface area contributed by atoms with Crippen molar-refractivity contribution >= 4 is 0 Å². The van der Waals surface area contributed by atoms with Crippen LogP contribution >= 0.6 is 0 Å². The Morgan fingerprint density at radius 2 is 2.26 bits per heavy atom. The van der Waals surface area contributed by atoms with Crippen molar-refractivity contribution in [2.75, 3.05) is 34.4 Å². The van der Waals surface area contributed by atoms with Crippen LogP contribution in [0, 0.1) is 0 Å². The molecular weight excluding hydrogens is 244 g/mol. The summed E-state index contributed by atoms with van der Waals surface area (Å²) in [4.78, 5) is 6.59. The summed E-state index contributed by atoms with van der Waals surface area (Å²) in [6, 6.07) is 1.81. The summed E-state index contributed by atoms with van der Waals surface area (Å²) >= 11 is 0. The third-order valence-corrected chi connectivity index (χ3v) is 3.33. The van der Waals surface area contributed by atoms with E-state index >= 15 is 0 Å². The molecule has 5 nitrogen and oxygen atoms in total. The Hall–Kier alpha value is -1.33. The van der Waals surface area contributed by atoms with Crippen molar-refractivity contribution in [1.82, 2.24) is 9.88 Å². The lowest BCUT2D eigenvalue weighted by molar-refractivity contribution is 0.0787. The average Bonchev–Trinajstić information content (AvgIpc) is 2.91. The number of aromatic nitrogens is 1. The van der Waals surface area contributed by atoms with Gasteiger partial charge in [0.1, 0.15) is 5.69 Å². The second-order valence-electron chi connectivity index (χ2n) is 4.82. The van der Waals surface area contributed by atoms with Crippen molar-refractivity contribution in [3.05, 3.63) is 18.0 Å². The van der Waals surface area contributed by atoms with Crippen LogP contribution in [0.2, 0.25) is 0 Å². The van der Waals surface area contributed by atoms with Crippen molar-refractivity contribution in [2.45, 2.75) is 25.5 Å². The predicted molar refractivity (Wildman–Crippen MR) is 72.6 cm³/mol. The first-order valence-corrected chi connectivity index (χ1v) is 6.60. The fraction of sp³-hybridized carbons (Fsp3) is 0.643. The van der Waals surface area contributed by atoms with Gasteiger partial charge in [0.15, 0.2) is 11.5 Å². The number of hydrogen-bond donors (Lipinski definition) is 0. The van der Waals surface area contributed by atoms with E-state index in [0.29, 0.717) is 11.9 Å². The first-order chi connectivity index (χ1) is 9.24. The normalized spacial score (nSPS) is 18.8. The van der Waals surface area contributed by atoms with Crippen molar-refractivity contribution in [3.63, 3.8) is 0 Å². The summed E-state index contributed by atoms with van der Waals surface area (Å²) in [5.74, 6) is 1.43. The van der Waals surface area contributed by atoms with Crippen LogP contribution in [-0.4, -0.2) is 50.4 Å². The Morgan fingerprint density at radius 3 is 2.89 bits per heavy atom. The molecule has 0 aromatic carbocycles. The van der Waals surface area contributed by atoms with Gasteiger partial charge < -0.3 is 14.2 Å². The highest BCUT2D eigenvalue weighted by atomic mass is 16.5. The summed E-state index contributed by atoms with van der Waals surface area (Å²) in [6.45, 7) is 2.53. The lowest BCUT2D eigenvalue weighted by Crippen LogP contribution is -2.28. The molecule has 1 fully saturated rings. The Labute approximate surface area is 114 Å². The molecule has 19 heavy (non-hydrogen) atoms. The molecular formula is C14H22N2O3. The van der Waals surface area contributed by atoms with E-state index in [9.17, 15) is 0 Å². The predicted octanol–water partition coefficient (Wildman–Crippen LogP) is 1.71. The molecule has 0 amide bonds. The molecule has 2 heterocycles. The number of rotatable bonds is 6. The van der Waals surface area contributed by atoms with E-state index in [4.69, 9.17) is 14.2 Å². The highest BCUT2D eigenvalue weighted by Gasteiger charge is 2.19. The molecule has 5 heteroatoms. The van der Waals surface area contributed by atoms with Crippen LogP contribution in [0.1, 0.15) is 18.5 Å². The Balaban J connectivity index is 2.01. The van der Waals surface area contributed by atoms with Gasteiger partial charge in [0, 0.05) is 32.0 Å². The first kappa shape index (κ1) is 14.1. The molecule has 1 atom stereocenters. The van der Waals surface area contributed by atoms with Gasteiger partial charge >= 0.3 is 0 Å². The second-order valence-corrected chi connectivity index (χ2v) is 4.82. The van der Waals surface area contributed by atoms with Crippen LogP contribution in [0.4, 0.5) is 0 Å². The molecule has 0 saturated carbocycles. The number of methoxy groups -OCH3 is 2. The zero-order chi connectivity index (χ0) is 13.7. The minimum Gasteiger partial charge on any atom is -0.493 e. The van der Waals surface area contributed by atoms with E-state index in [1.54, 1.807) is 20.4 Å². The first-order valence-electron chi connectivity index (χ1n) is 6.60. The molecule has 0 aliphatic carbocycles. The molecule has 1 unspecified atom stereocenters. The summed E-state index contributed by atoms with van der Waals surface area (Å²) in [7, 11) is 5.35. The molecule has 0 spiro atoms. The summed E-state index contributed by atoms with van der Waals surface area (Å²) in [5, 5.41) is 0. The van der Waals surface area contributed by atoms with Crippen LogP contribution in [0.25, 0.3) is 0 Å². The van der Waals surface area contributed by atoms with Gasteiger partial charge in [-0.05, 0) is 19.9 Å². The molecule has 0 bridgehead atoms. The number of pyridine rings is 1. The van der Waals surface area contributed by atoms with E-state index in [1.165, 1.54) is 6.42 Å². The molecule has 1 aliphatic rings. The molecule has 1 aromatic heterocycles. The van der Waals surface area contributed by atoms with Crippen molar-refractivity contribution in [2.24, 2.45) is 0 Å². The Bertz CT molecular complexity index is 406. The molecule has 1 saturated heterocycles. The van der Waals surface area contributed by atoms with Gasteiger partial charge in [-0.3, -0.25) is 9.88 Å². The fourth-order valence-corrected chi connectivity index (χ4v) is 2.42. The number of likely N-dealkylation sites (N-methyl/N-ethyl adjacent to an activating group) is 1. The summed E-state index contributed by atoms with van der Waals surface area (Å²) in [5.41, 5.74) is 0.891. The number of nitrogens with zero attached hydrogens (tertiary/aromatic N) is 2. The van der Waals surface area contributed by atoms with Crippen LogP contribution < -0.4 is 9.47 Å². The maximum Gasteiger partial charge on any atom is 0.183 e. The SMILES string of the molecule is COc1ccnc(CN(C)CC2CCCO2)c1OC. The van der Waals surface area contributed by atoms with Crippen molar-refractivity contribution in [3.8, 4) is 11.5 Å².